The highest BCUT2D eigenvalue weighted by atomic mass is 16.7. The normalized spacial score (nSPS) is 20.4. The molecule has 0 saturated carbocycles. The summed E-state index contributed by atoms with van der Waals surface area (Å²) in [6.07, 6.45) is 2.50. The lowest BCUT2D eigenvalue weighted by Gasteiger charge is -2.22. The Balaban J connectivity index is 1.92. The topological polar surface area (TPSA) is 29.5 Å². The fraction of sp³-hybridized carbons (Fsp3) is 0.462. The summed E-state index contributed by atoms with van der Waals surface area (Å²) in [5.74, 6) is 0.114. The van der Waals surface area contributed by atoms with E-state index in [-0.39, 0.29) is 11.9 Å². The predicted octanol–water partition coefficient (Wildman–Crippen LogP) is 2.52. The second-order valence-electron chi connectivity index (χ2n) is 4.08. The molecule has 0 aliphatic carbocycles. The molecule has 16 heavy (non-hydrogen) atoms. The first-order valence-electron chi connectivity index (χ1n) is 5.80. The third kappa shape index (κ3) is 2.42. The molecule has 86 valence electrons. The summed E-state index contributed by atoms with van der Waals surface area (Å²) in [5, 5.41) is 1.56. The molecule has 1 saturated heterocycles. The zero-order chi connectivity index (χ0) is 11.4. The van der Waals surface area contributed by atoms with Crippen LogP contribution in [0.2, 0.25) is 0 Å². The zero-order valence-electron chi connectivity index (χ0n) is 9.56. The lowest BCUT2D eigenvalue weighted by Crippen LogP contribution is -2.32. The Hall–Kier alpha value is -1.35. The van der Waals surface area contributed by atoms with Crippen LogP contribution in [0.25, 0.3) is 0 Å². The smallest absolute Gasteiger partial charge is 0.246 e. The average molecular weight is 219 g/mol. The summed E-state index contributed by atoms with van der Waals surface area (Å²) in [7, 11) is 0. The van der Waals surface area contributed by atoms with E-state index < -0.39 is 0 Å². The van der Waals surface area contributed by atoms with Gasteiger partial charge >= 0.3 is 0 Å². The van der Waals surface area contributed by atoms with Gasteiger partial charge in [0.25, 0.3) is 0 Å². The molecule has 3 nitrogen and oxygen atoms in total. The van der Waals surface area contributed by atoms with Crippen LogP contribution in [0.5, 0.6) is 0 Å². The fourth-order valence-corrected chi connectivity index (χ4v) is 1.99. The van der Waals surface area contributed by atoms with Gasteiger partial charge in [0.05, 0.1) is 6.04 Å². The Morgan fingerprint density at radius 3 is 2.81 bits per heavy atom. The summed E-state index contributed by atoms with van der Waals surface area (Å²) in [6, 6.07) is 10.2. The molecule has 0 radical (unpaired) electrons. The number of amides is 1. The van der Waals surface area contributed by atoms with Gasteiger partial charge in [0, 0.05) is 6.42 Å². The Morgan fingerprint density at radius 1 is 1.38 bits per heavy atom. The molecule has 0 N–H and O–H groups in total. The van der Waals surface area contributed by atoms with Crippen molar-refractivity contribution in [3.63, 3.8) is 0 Å². The first-order valence-corrected chi connectivity index (χ1v) is 5.80. The Kier molecular flexibility index (Phi) is 3.57. The van der Waals surface area contributed by atoms with E-state index in [2.05, 4.69) is 6.92 Å². The maximum absolute atomic E-state index is 11.6. The van der Waals surface area contributed by atoms with Crippen LogP contribution in [0.15, 0.2) is 30.3 Å². The predicted molar refractivity (Wildman–Crippen MR) is 61.4 cm³/mol. The van der Waals surface area contributed by atoms with Crippen molar-refractivity contribution >= 4 is 5.91 Å². The SMILES string of the molecule is CCC1CCC(=O)N1OCc1ccccc1. The minimum Gasteiger partial charge on any atom is -0.273 e. The maximum atomic E-state index is 11.6. The molecule has 3 heteroatoms. The Bertz CT molecular complexity index is 350. The molecule has 1 aliphatic heterocycles. The highest BCUT2D eigenvalue weighted by molar-refractivity contribution is 5.77. The molecule has 0 aromatic heterocycles. The van der Waals surface area contributed by atoms with Crippen LogP contribution in [0.1, 0.15) is 31.7 Å². The van der Waals surface area contributed by atoms with Gasteiger partial charge in [0.1, 0.15) is 6.61 Å². The van der Waals surface area contributed by atoms with Crippen molar-refractivity contribution in [2.45, 2.75) is 38.8 Å². The van der Waals surface area contributed by atoms with Gasteiger partial charge in [-0.05, 0) is 18.4 Å². The highest BCUT2D eigenvalue weighted by Crippen LogP contribution is 2.22. The van der Waals surface area contributed by atoms with E-state index in [1.54, 1.807) is 5.06 Å². The molecular weight excluding hydrogens is 202 g/mol. The lowest BCUT2D eigenvalue weighted by atomic mass is 10.2. The minimum absolute atomic E-state index is 0.114. The standard InChI is InChI=1S/C13H17NO2/c1-2-12-8-9-13(15)14(12)16-10-11-6-4-3-5-7-11/h3-7,12H,2,8-10H2,1H3. The van der Waals surface area contributed by atoms with E-state index in [0.29, 0.717) is 13.0 Å². The summed E-state index contributed by atoms with van der Waals surface area (Å²) < 4.78 is 0. The van der Waals surface area contributed by atoms with Crippen molar-refractivity contribution in [2.75, 3.05) is 0 Å². The van der Waals surface area contributed by atoms with Gasteiger partial charge in [0.2, 0.25) is 5.91 Å². The largest absolute Gasteiger partial charge is 0.273 e. The van der Waals surface area contributed by atoms with Gasteiger partial charge in [-0.25, -0.2) is 5.06 Å². The molecule has 2 rings (SSSR count). The fourth-order valence-electron chi connectivity index (χ4n) is 1.99. The van der Waals surface area contributed by atoms with E-state index in [0.717, 1.165) is 18.4 Å². The number of benzene rings is 1. The number of carbonyl (C=O) groups is 1. The van der Waals surface area contributed by atoms with Crippen LogP contribution in [0.3, 0.4) is 0 Å². The van der Waals surface area contributed by atoms with E-state index in [9.17, 15) is 4.79 Å². The first-order chi connectivity index (χ1) is 7.81. The van der Waals surface area contributed by atoms with Gasteiger partial charge in [0.15, 0.2) is 0 Å². The molecule has 1 fully saturated rings. The molecule has 0 bridgehead atoms. The van der Waals surface area contributed by atoms with Crippen LogP contribution < -0.4 is 0 Å². The van der Waals surface area contributed by atoms with Crippen LogP contribution in [0, 0.1) is 0 Å². The first kappa shape index (κ1) is 11.1. The number of hydroxylamine groups is 2. The Morgan fingerprint density at radius 2 is 2.12 bits per heavy atom. The lowest BCUT2D eigenvalue weighted by molar-refractivity contribution is -0.195. The number of nitrogens with zero attached hydrogens (tertiary/aromatic N) is 1. The van der Waals surface area contributed by atoms with E-state index in [1.165, 1.54) is 0 Å². The molecule has 1 unspecified atom stereocenters. The third-order valence-corrected chi connectivity index (χ3v) is 2.95. The zero-order valence-corrected chi connectivity index (χ0v) is 9.56. The van der Waals surface area contributed by atoms with Gasteiger partial charge in [-0.1, -0.05) is 37.3 Å². The molecule has 1 amide bonds. The number of rotatable bonds is 4. The summed E-state index contributed by atoms with van der Waals surface area (Å²) >= 11 is 0. The molecule has 1 heterocycles. The van der Waals surface area contributed by atoms with Crippen molar-refractivity contribution in [2.24, 2.45) is 0 Å². The van der Waals surface area contributed by atoms with Gasteiger partial charge in [-0.15, -0.1) is 0 Å². The van der Waals surface area contributed by atoms with Crippen LogP contribution in [-0.4, -0.2) is 17.0 Å². The summed E-state index contributed by atoms with van der Waals surface area (Å²) in [4.78, 5) is 17.2. The second kappa shape index (κ2) is 5.12. The molecule has 1 aromatic carbocycles. The van der Waals surface area contributed by atoms with Crippen molar-refractivity contribution in [1.82, 2.24) is 5.06 Å². The van der Waals surface area contributed by atoms with E-state index in [4.69, 9.17) is 4.84 Å². The second-order valence-corrected chi connectivity index (χ2v) is 4.08. The van der Waals surface area contributed by atoms with Crippen molar-refractivity contribution in [3.8, 4) is 0 Å². The maximum Gasteiger partial charge on any atom is 0.246 e. The van der Waals surface area contributed by atoms with E-state index in [1.807, 2.05) is 30.3 Å². The van der Waals surface area contributed by atoms with Crippen LogP contribution in [-0.2, 0) is 16.2 Å². The number of carbonyl (C=O) groups excluding carboxylic acids is 1. The average Bonchev–Trinajstić information content (AvgIpc) is 2.69. The molecule has 0 spiro atoms. The van der Waals surface area contributed by atoms with Crippen LogP contribution in [0.4, 0.5) is 0 Å². The monoisotopic (exact) mass is 219 g/mol. The molecule has 1 aromatic rings. The minimum atomic E-state index is 0.114. The van der Waals surface area contributed by atoms with Gasteiger partial charge in [-0.2, -0.15) is 0 Å². The molecule has 1 aliphatic rings. The molecule has 1 atom stereocenters. The van der Waals surface area contributed by atoms with E-state index >= 15 is 0 Å². The van der Waals surface area contributed by atoms with Gasteiger partial charge < -0.3 is 0 Å². The third-order valence-electron chi connectivity index (χ3n) is 2.95. The van der Waals surface area contributed by atoms with Crippen LogP contribution >= 0.6 is 0 Å². The Labute approximate surface area is 96.0 Å². The summed E-state index contributed by atoms with van der Waals surface area (Å²) in [6.45, 7) is 2.56. The summed E-state index contributed by atoms with van der Waals surface area (Å²) in [5.41, 5.74) is 1.09. The molecular formula is C13H17NO2. The quantitative estimate of drug-likeness (QED) is 0.778. The van der Waals surface area contributed by atoms with Crippen molar-refractivity contribution in [1.29, 1.82) is 0 Å². The van der Waals surface area contributed by atoms with Crippen molar-refractivity contribution < 1.29 is 9.63 Å². The highest BCUT2D eigenvalue weighted by Gasteiger charge is 2.30. The van der Waals surface area contributed by atoms with Gasteiger partial charge in [-0.3, -0.25) is 9.63 Å². The number of hydrogen-bond donors (Lipinski definition) is 0. The van der Waals surface area contributed by atoms with Crippen molar-refractivity contribution in [3.05, 3.63) is 35.9 Å². The number of hydrogen-bond acceptors (Lipinski definition) is 2.